The molecule has 5 heteroatoms. The van der Waals surface area contributed by atoms with Crippen LogP contribution in [0.1, 0.15) is 22.3 Å². The van der Waals surface area contributed by atoms with Gasteiger partial charge in [-0.1, -0.05) is 164 Å². The van der Waals surface area contributed by atoms with Gasteiger partial charge in [-0.2, -0.15) is 0 Å². The molecule has 0 saturated heterocycles. The lowest BCUT2D eigenvalue weighted by Crippen LogP contribution is -2.28. The molecule has 2 aliphatic rings. The summed E-state index contributed by atoms with van der Waals surface area (Å²) in [6.45, 7) is 0. The predicted octanol–water partition coefficient (Wildman–Crippen LogP) is 12.3. The lowest BCUT2D eigenvalue weighted by molar-refractivity contribution is 0.361. The Kier molecular flexibility index (Phi) is 7.01. The van der Waals surface area contributed by atoms with Gasteiger partial charge in [-0.15, -0.1) is 0 Å². The molecule has 0 saturated carbocycles. The Balaban J connectivity index is 1.08. The Labute approximate surface area is 318 Å². The van der Waals surface area contributed by atoms with Crippen molar-refractivity contribution in [2.45, 2.75) is 5.41 Å². The second-order valence-electron chi connectivity index (χ2n) is 13.9. The van der Waals surface area contributed by atoms with E-state index in [0.717, 1.165) is 38.6 Å². The third-order valence-electron chi connectivity index (χ3n) is 10.9. The first-order chi connectivity index (χ1) is 27.3. The molecule has 1 aromatic heterocycles. The zero-order valence-corrected chi connectivity index (χ0v) is 29.6. The lowest BCUT2D eigenvalue weighted by Gasteiger charge is -2.34. The first-order valence-corrected chi connectivity index (χ1v) is 18.4. The van der Waals surface area contributed by atoms with E-state index in [1.165, 1.54) is 16.7 Å². The number of aromatic nitrogens is 3. The minimum Gasteiger partial charge on any atom is -0.449 e. The van der Waals surface area contributed by atoms with Crippen molar-refractivity contribution >= 4 is 10.8 Å². The molecule has 0 radical (unpaired) electrons. The second kappa shape index (κ2) is 12.4. The topological polar surface area (TPSA) is 57.1 Å². The van der Waals surface area contributed by atoms with Gasteiger partial charge in [-0.05, 0) is 62.9 Å². The highest BCUT2D eigenvalue weighted by molar-refractivity contribution is 5.92. The van der Waals surface area contributed by atoms with Crippen LogP contribution in [0.5, 0.6) is 23.0 Å². The van der Waals surface area contributed by atoms with E-state index in [2.05, 4.69) is 121 Å². The molecule has 5 nitrogen and oxygen atoms in total. The normalized spacial score (nSPS) is 13.2. The van der Waals surface area contributed by atoms with Crippen LogP contribution in [0.4, 0.5) is 0 Å². The van der Waals surface area contributed by atoms with Gasteiger partial charge in [0.2, 0.25) is 0 Å². The first-order valence-electron chi connectivity index (χ1n) is 18.4. The van der Waals surface area contributed by atoms with Crippen molar-refractivity contribution in [2.24, 2.45) is 0 Å². The summed E-state index contributed by atoms with van der Waals surface area (Å²) in [6.07, 6.45) is 0. The molecule has 0 unspecified atom stereocenters. The summed E-state index contributed by atoms with van der Waals surface area (Å²) < 4.78 is 13.9. The van der Waals surface area contributed by atoms with Crippen LogP contribution in [0, 0.1) is 0 Å². The van der Waals surface area contributed by atoms with E-state index >= 15 is 0 Å². The molecule has 0 atom stereocenters. The summed E-state index contributed by atoms with van der Waals surface area (Å²) >= 11 is 0. The molecule has 1 aliphatic carbocycles. The Hall–Kier alpha value is -7.37. The van der Waals surface area contributed by atoms with E-state index in [9.17, 15) is 0 Å². The second-order valence-corrected chi connectivity index (χ2v) is 13.9. The van der Waals surface area contributed by atoms with Crippen LogP contribution in [0.15, 0.2) is 188 Å². The minimum atomic E-state index is -0.549. The number of hydrogen-bond donors (Lipinski definition) is 0. The van der Waals surface area contributed by atoms with Crippen LogP contribution < -0.4 is 9.47 Å². The number of fused-ring (bicyclic) bond motifs is 7. The molecular formula is C50H31N3O2. The summed E-state index contributed by atoms with van der Waals surface area (Å²) in [5.74, 6) is 4.15. The van der Waals surface area contributed by atoms with E-state index in [1.54, 1.807) is 0 Å². The molecule has 1 aliphatic heterocycles. The highest BCUT2D eigenvalue weighted by Gasteiger charge is 2.48. The van der Waals surface area contributed by atoms with Gasteiger partial charge in [0, 0.05) is 16.7 Å². The van der Waals surface area contributed by atoms with Crippen molar-refractivity contribution in [1.82, 2.24) is 15.0 Å². The number of nitrogens with zero attached hydrogens (tertiary/aromatic N) is 3. The van der Waals surface area contributed by atoms with E-state index in [0.29, 0.717) is 46.0 Å². The molecule has 9 aromatic rings. The molecular weight excluding hydrogens is 675 g/mol. The van der Waals surface area contributed by atoms with Gasteiger partial charge in [-0.25, -0.2) is 15.0 Å². The zero-order chi connectivity index (χ0) is 36.3. The molecule has 0 amide bonds. The van der Waals surface area contributed by atoms with Crippen molar-refractivity contribution in [2.75, 3.05) is 0 Å². The molecule has 2 heterocycles. The summed E-state index contributed by atoms with van der Waals surface area (Å²) in [7, 11) is 0. The molecule has 0 N–H and O–H groups in total. The van der Waals surface area contributed by atoms with Crippen molar-refractivity contribution in [3.8, 4) is 68.3 Å². The van der Waals surface area contributed by atoms with Gasteiger partial charge in [0.1, 0.15) is 0 Å². The number of benzene rings is 8. The van der Waals surface area contributed by atoms with E-state index in [4.69, 9.17) is 24.4 Å². The third kappa shape index (κ3) is 4.83. The van der Waals surface area contributed by atoms with Crippen molar-refractivity contribution in [3.63, 3.8) is 0 Å². The molecule has 8 aromatic carbocycles. The van der Waals surface area contributed by atoms with E-state index < -0.39 is 5.41 Å². The SMILES string of the molecule is c1ccc(-c2nc(-c3ccc4ccccc4c3)nc(-c3cccc4c3Oc3ccc5c(c3O4)-c3ccccc3C5(c3ccccc3)c3ccccc3)n2)cc1. The number of rotatable bonds is 5. The lowest BCUT2D eigenvalue weighted by atomic mass is 9.68. The largest absolute Gasteiger partial charge is 0.449 e. The Morgan fingerprint density at radius 2 is 0.945 bits per heavy atom. The highest BCUT2D eigenvalue weighted by Crippen LogP contribution is 2.62. The smallest absolute Gasteiger partial charge is 0.181 e. The average Bonchev–Trinajstić information content (AvgIpc) is 3.57. The maximum Gasteiger partial charge on any atom is 0.181 e. The van der Waals surface area contributed by atoms with Crippen molar-refractivity contribution in [1.29, 1.82) is 0 Å². The maximum atomic E-state index is 6.99. The zero-order valence-electron chi connectivity index (χ0n) is 29.6. The summed E-state index contributed by atoms with van der Waals surface area (Å²) in [6, 6.07) is 65.0. The quantitative estimate of drug-likeness (QED) is 0.178. The van der Waals surface area contributed by atoms with Gasteiger partial charge in [0.05, 0.1) is 11.0 Å². The predicted molar refractivity (Wildman–Crippen MR) is 218 cm³/mol. The average molecular weight is 706 g/mol. The van der Waals surface area contributed by atoms with Crippen LogP contribution in [-0.4, -0.2) is 15.0 Å². The fraction of sp³-hybridized carbons (Fsp3) is 0.0200. The summed E-state index contributed by atoms with van der Waals surface area (Å²) in [5.41, 5.74) is 8.86. The fourth-order valence-corrected chi connectivity index (χ4v) is 8.43. The standard InChI is InChI=1S/C50H31N3O2/c1-4-16-33(17-5-1)47-51-48(35-28-27-32-15-10-11-18-34(32)31-35)53-49(52-47)39-24-14-26-42-45(39)54-43-30-29-41-44(46(43)55-42)38-23-12-13-25-40(38)50(41,36-19-6-2-7-20-36)37-21-8-3-9-22-37/h1-31H. The molecule has 0 spiro atoms. The van der Waals surface area contributed by atoms with Crippen LogP contribution in [-0.2, 0) is 5.41 Å². The number of hydrogen-bond acceptors (Lipinski definition) is 5. The van der Waals surface area contributed by atoms with Crippen LogP contribution in [0.25, 0.3) is 56.1 Å². The van der Waals surface area contributed by atoms with Crippen LogP contribution in [0.3, 0.4) is 0 Å². The van der Waals surface area contributed by atoms with E-state index in [-0.39, 0.29) is 0 Å². The van der Waals surface area contributed by atoms with Gasteiger partial charge in [0.15, 0.2) is 40.5 Å². The summed E-state index contributed by atoms with van der Waals surface area (Å²) in [4.78, 5) is 15.1. The van der Waals surface area contributed by atoms with Gasteiger partial charge in [-0.3, -0.25) is 0 Å². The Bertz CT molecular complexity index is 2890. The number of para-hydroxylation sites is 1. The van der Waals surface area contributed by atoms with Gasteiger partial charge < -0.3 is 9.47 Å². The number of ether oxygens (including phenoxy) is 2. The molecule has 258 valence electrons. The van der Waals surface area contributed by atoms with Crippen molar-refractivity contribution in [3.05, 3.63) is 210 Å². The Morgan fingerprint density at radius 1 is 0.364 bits per heavy atom. The summed E-state index contributed by atoms with van der Waals surface area (Å²) in [5, 5.41) is 2.27. The highest BCUT2D eigenvalue weighted by atomic mass is 16.6. The molecule has 0 fully saturated rings. The van der Waals surface area contributed by atoms with E-state index in [1.807, 2.05) is 66.7 Å². The molecule has 0 bridgehead atoms. The first kappa shape index (κ1) is 31.2. The minimum absolute atomic E-state index is 0.500. The van der Waals surface area contributed by atoms with Crippen LogP contribution >= 0.6 is 0 Å². The van der Waals surface area contributed by atoms with Crippen LogP contribution in [0.2, 0.25) is 0 Å². The van der Waals surface area contributed by atoms with Gasteiger partial charge >= 0.3 is 0 Å². The monoisotopic (exact) mass is 705 g/mol. The maximum absolute atomic E-state index is 6.99. The molecule has 55 heavy (non-hydrogen) atoms. The third-order valence-corrected chi connectivity index (χ3v) is 10.9. The van der Waals surface area contributed by atoms with Gasteiger partial charge in [0.25, 0.3) is 0 Å². The van der Waals surface area contributed by atoms with Crippen molar-refractivity contribution < 1.29 is 9.47 Å². The Morgan fingerprint density at radius 3 is 1.71 bits per heavy atom. The fourth-order valence-electron chi connectivity index (χ4n) is 8.43. The molecule has 11 rings (SSSR count).